The number of benzene rings is 2. The molecule has 2 rings (SSSR count). The standard InChI is InChI=1S/C19H19F3N2O3/c1-13-6-5-7-14(10-13)27-12-18(26)24(2)11-17(25)23-16-9-4-3-8-15(16)19(20,21)22/h3-10H,11-12H2,1-2H3,(H,23,25). The molecule has 0 radical (unpaired) electrons. The summed E-state index contributed by atoms with van der Waals surface area (Å²) in [6, 6.07) is 11.8. The van der Waals surface area contributed by atoms with Crippen molar-refractivity contribution < 1.29 is 27.5 Å². The van der Waals surface area contributed by atoms with Gasteiger partial charge in [0.1, 0.15) is 5.75 Å². The summed E-state index contributed by atoms with van der Waals surface area (Å²) < 4.78 is 44.2. The highest BCUT2D eigenvalue weighted by atomic mass is 19.4. The first-order chi connectivity index (χ1) is 12.7. The number of para-hydroxylation sites is 1. The summed E-state index contributed by atoms with van der Waals surface area (Å²) in [6.07, 6.45) is -4.59. The minimum Gasteiger partial charge on any atom is -0.484 e. The van der Waals surface area contributed by atoms with Crippen LogP contribution in [-0.2, 0) is 15.8 Å². The van der Waals surface area contributed by atoms with Crippen LogP contribution in [0.4, 0.5) is 18.9 Å². The third-order valence-electron chi connectivity index (χ3n) is 3.66. The Balaban J connectivity index is 1.91. The van der Waals surface area contributed by atoms with Crippen molar-refractivity contribution in [1.29, 1.82) is 0 Å². The number of nitrogens with one attached hydrogen (secondary N) is 1. The fraction of sp³-hybridized carbons (Fsp3) is 0.263. The Morgan fingerprint density at radius 2 is 1.81 bits per heavy atom. The van der Waals surface area contributed by atoms with E-state index in [-0.39, 0.29) is 12.3 Å². The zero-order chi connectivity index (χ0) is 20.0. The molecule has 0 aliphatic carbocycles. The van der Waals surface area contributed by atoms with Gasteiger partial charge in [0.15, 0.2) is 6.61 Å². The van der Waals surface area contributed by atoms with Gasteiger partial charge in [-0.3, -0.25) is 9.59 Å². The van der Waals surface area contributed by atoms with E-state index in [4.69, 9.17) is 4.74 Å². The molecule has 144 valence electrons. The number of likely N-dealkylation sites (N-methyl/N-ethyl adjacent to an activating group) is 1. The van der Waals surface area contributed by atoms with Crippen LogP contribution >= 0.6 is 0 Å². The number of aryl methyl sites for hydroxylation is 1. The average molecular weight is 380 g/mol. The summed E-state index contributed by atoms with van der Waals surface area (Å²) in [5, 5.41) is 2.19. The molecule has 2 amide bonds. The highest BCUT2D eigenvalue weighted by Crippen LogP contribution is 2.34. The SMILES string of the molecule is Cc1cccc(OCC(=O)N(C)CC(=O)Nc2ccccc2C(F)(F)F)c1. The van der Waals surface area contributed by atoms with Crippen LogP contribution in [0.3, 0.4) is 0 Å². The van der Waals surface area contributed by atoms with Crippen LogP contribution in [0.15, 0.2) is 48.5 Å². The van der Waals surface area contributed by atoms with Gasteiger partial charge in [0, 0.05) is 7.05 Å². The number of nitrogens with zero attached hydrogens (tertiary/aromatic N) is 1. The molecule has 0 aliphatic heterocycles. The molecule has 1 N–H and O–H groups in total. The molecular weight excluding hydrogens is 361 g/mol. The quantitative estimate of drug-likeness (QED) is 0.835. The van der Waals surface area contributed by atoms with E-state index in [1.54, 1.807) is 18.2 Å². The van der Waals surface area contributed by atoms with Crippen LogP contribution in [0.1, 0.15) is 11.1 Å². The number of carbonyl (C=O) groups excluding carboxylic acids is 2. The van der Waals surface area contributed by atoms with E-state index in [2.05, 4.69) is 5.32 Å². The highest BCUT2D eigenvalue weighted by molar-refractivity contribution is 5.95. The van der Waals surface area contributed by atoms with E-state index in [1.807, 2.05) is 13.0 Å². The number of hydrogen-bond donors (Lipinski definition) is 1. The maximum Gasteiger partial charge on any atom is 0.418 e. The number of anilines is 1. The molecule has 5 nitrogen and oxygen atoms in total. The number of amides is 2. The third-order valence-corrected chi connectivity index (χ3v) is 3.66. The van der Waals surface area contributed by atoms with Crippen LogP contribution in [0.2, 0.25) is 0 Å². The van der Waals surface area contributed by atoms with Gasteiger partial charge in [-0.05, 0) is 36.8 Å². The number of hydrogen-bond acceptors (Lipinski definition) is 3. The molecule has 0 atom stereocenters. The van der Waals surface area contributed by atoms with Crippen molar-refractivity contribution in [3.63, 3.8) is 0 Å². The van der Waals surface area contributed by atoms with E-state index in [1.165, 1.54) is 19.2 Å². The molecule has 0 aromatic heterocycles. The first kappa shape index (κ1) is 20.3. The Morgan fingerprint density at radius 1 is 1.11 bits per heavy atom. The third kappa shape index (κ3) is 6.02. The Kier molecular flexibility index (Phi) is 6.44. The number of alkyl halides is 3. The van der Waals surface area contributed by atoms with Gasteiger partial charge >= 0.3 is 6.18 Å². The van der Waals surface area contributed by atoms with Crippen LogP contribution in [0.5, 0.6) is 5.75 Å². The summed E-state index contributed by atoms with van der Waals surface area (Å²) in [4.78, 5) is 25.2. The minimum atomic E-state index is -4.59. The second-order valence-corrected chi connectivity index (χ2v) is 5.95. The zero-order valence-corrected chi connectivity index (χ0v) is 14.8. The molecule has 0 bridgehead atoms. The average Bonchev–Trinajstić information content (AvgIpc) is 2.59. The van der Waals surface area contributed by atoms with Gasteiger partial charge < -0.3 is 15.0 Å². The first-order valence-electron chi connectivity index (χ1n) is 8.06. The second-order valence-electron chi connectivity index (χ2n) is 5.95. The summed E-state index contributed by atoms with van der Waals surface area (Å²) in [7, 11) is 1.37. The predicted octanol–water partition coefficient (Wildman–Crippen LogP) is 3.49. The fourth-order valence-corrected chi connectivity index (χ4v) is 2.29. The van der Waals surface area contributed by atoms with Crippen LogP contribution < -0.4 is 10.1 Å². The Bertz CT molecular complexity index is 822. The molecule has 8 heteroatoms. The van der Waals surface area contributed by atoms with E-state index in [0.29, 0.717) is 5.75 Å². The zero-order valence-electron chi connectivity index (χ0n) is 14.8. The summed E-state index contributed by atoms with van der Waals surface area (Å²) in [5.41, 5.74) is -0.335. The normalized spacial score (nSPS) is 11.0. The van der Waals surface area contributed by atoms with Gasteiger partial charge in [-0.1, -0.05) is 24.3 Å². The Hall–Kier alpha value is -3.03. The second kappa shape index (κ2) is 8.57. The maximum absolute atomic E-state index is 12.9. The number of rotatable bonds is 6. The topological polar surface area (TPSA) is 58.6 Å². The maximum atomic E-state index is 12.9. The van der Waals surface area contributed by atoms with Crippen molar-refractivity contribution in [2.24, 2.45) is 0 Å². The van der Waals surface area contributed by atoms with E-state index in [9.17, 15) is 22.8 Å². The van der Waals surface area contributed by atoms with Crippen molar-refractivity contribution in [3.05, 3.63) is 59.7 Å². The summed E-state index contributed by atoms with van der Waals surface area (Å²) in [5.74, 6) is -0.700. The Labute approximate surface area is 154 Å². The van der Waals surface area contributed by atoms with Gasteiger partial charge in [-0.15, -0.1) is 0 Å². The van der Waals surface area contributed by atoms with Crippen LogP contribution in [0.25, 0.3) is 0 Å². The number of ether oxygens (including phenoxy) is 1. The largest absolute Gasteiger partial charge is 0.484 e. The van der Waals surface area contributed by atoms with Crippen LogP contribution in [0, 0.1) is 6.92 Å². The van der Waals surface area contributed by atoms with Crippen molar-refractivity contribution in [2.75, 3.05) is 25.5 Å². The smallest absolute Gasteiger partial charge is 0.418 e. The minimum absolute atomic E-state index is 0.285. The van der Waals surface area contributed by atoms with Crippen molar-refractivity contribution in [1.82, 2.24) is 4.90 Å². The van der Waals surface area contributed by atoms with Gasteiger partial charge in [-0.2, -0.15) is 13.2 Å². The number of halogens is 3. The molecule has 0 aliphatic rings. The lowest BCUT2D eigenvalue weighted by Crippen LogP contribution is -2.37. The molecule has 0 heterocycles. The molecule has 0 spiro atoms. The van der Waals surface area contributed by atoms with Gasteiger partial charge in [0.25, 0.3) is 5.91 Å². The van der Waals surface area contributed by atoms with E-state index >= 15 is 0 Å². The van der Waals surface area contributed by atoms with Crippen molar-refractivity contribution in [3.8, 4) is 5.75 Å². The lowest BCUT2D eigenvalue weighted by molar-refractivity contribution is -0.137. The predicted molar refractivity (Wildman–Crippen MR) is 94.4 cm³/mol. The Morgan fingerprint density at radius 3 is 2.48 bits per heavy atom. The lowest BCUT2D eigenvalue weighted by atomic mass is 10.1. The van der Waals surface area contributed by atoms with Crippen molar-refractivity contribution >= 4 is 17.5 Å². The van der Waals surface area contributed by atoms with Gasteiger partial charge in [0.2, 0.25) is 5.91 Å². The molecular formula is C19H19F3N2O3. The van der Waals surface area contributed by atoms with E-state index in [0.717, 1.165) is 22.6 Å². The highest BCUT2D eigenvalue weighted by Gasteiger charge is 2.33. The first-order valence-corrected chi connectivity index (χ1v) is 8.06. The summed E-state index contributed by atoms with van der Waals surface area (Å²) in [6.45, 7) is 1.19. The molecule has 0 saturated heterocycles. The lowest BCUT2D eigenvalue weighted by Gasteiger charge is -2.18. The number of carbonyl (C=O) groups is 2. The van der Waals surface area contributed by atoms with Gasteiger partial charge in [-0.25, -0.2) is 0 Å². The molecule has 2 aromatic rings. The monoisotopic (exact) mass is 380 g/mol. The van der Waals surface area contributed by atoms with Gasteiger partial charge in [0.05, 0.1) is 17.8 Å². The summed E-state index contributed by atoms with van der Waals surface area (Å²) >= 11 is 0. The molecule has 0 fully saturated rings. The molecule has 0 unspecified atom stereocenters. The molecule has 2 aromatic carbocycles. The van der Waals surface area contributed by atoms with Crippen LogP contribution in [-0.4, -0.2) is 36.9 Å². The fourth-order valence-electron chi connectivity index (χ4n) is 2.29. The van der Waals surface area contributed by atoms with Crippen molar-refractivity contribution in [2.45, 2.75) is 13.1 Å². The van der Waals surface area contributed by atoms with E-state index < -0.39 is 30.1 Å². The molecule has 27 heavy (non-hydrogen) atoms. The molecule has 0 saturated carbocycles.